The zero-order valence-corrected chi connectivity index (χ0v) is 11.7. The number of carbonyl (C=O) groups excluding carboxylic acids is 2. The quantitative estimate of drug-likeness (QED) is 0.855. The van der Waals surface area contributed by atoms with E-state index in [0.29, 0.717) is 22.8 Å². The van der Waals surface area contributed by atoms with E-state index in [0.717, 1.165) is 0 Å². The van der Waals surface area contributed by atoms with Gasteiger partial charge in [0, 0.05) is 5.69 Å². The molecule has 1 aromatic heterocycles. The van der Waals surface area contributed by atoms with Gasteiger partial charge < -0.3 is 19.2 Å². The number of nitrogens with one attached hydrogen (secondary N) is 1. The van der Waals surface area contributed by atoms with Gasteiger partial charge in [-0.25, -0.2) is 4.79 Å². The maximum Gasteiger partial charge on any atom is 0.342 e. The molecule has 2 aromatic rings. The van der Waals surface area contributed by atoms with Crippen LogP contribution in [0.3, 0.4) is 0 Å². The van der Waals surface area contributed by atoms with Crippen molar-refractivity contribution in [2.75, 3.05) is 19.0 Å². The highest BCUT2D eigenvalue weighted by Gasteiger charge is 2.14. The van der Waals surface area contributed by atoms with Crippen molar-refractivity contribution in [1.82, 2.24) is 0 Å². The Morgan fingerprint density at radius 3 is 2.48 bits per heavy atom. The van der Waals surface area contributed by atoms with Gasteiger partial charge in [-0.3, -0.25) is 4.79 Å². The Balaban J connectivity index is 1.84. The third kappa shape index (κ3) is 3.85. The molecule has 1 amide bonds. The number of furan rings is 1. The second-order valence-electron chi connectivity index (χ2n) is 4.24. The van der Waals surface area contributed by atoms with Crippen LogP contribution in [0.25, 0.3) is 0 Å². The summed E-state index contributed by atoms with van der Waals surface area (Å²) in [6, 6.07) is 8.32. The van der Waals surface area contributed by atoms with Crippen molar-refractivity contribution in [2.45, 2.75) is 6.92 Å². The fourth-order valence-electron chi connectivity index (χ4n) is 1.68. The number of rotatable bonds is 5. The summed E-state index contributed by atoms with van der Waals surface area (Å²) in [6.07, 6.45) is 1.39. The lowest BCUT2D eigenvalue weighted by Gasteiger charge is -2.07. The lowest BCUT2D eigenvalue weighted by atomic mass is 10.3. The molecule has 0 bridgehead atoms. The van der Waals surface area contributed by atoms with Crippen LogP contribution in [0.4, 0.5) is 5.69 Å². The fraction of sp³-hybridized carbons (Fsp3) is 0.200. The summed E-state index contributed by atoms with van der Waals surface area (Å²) < 4.78 is 14.9. The van der Waals surface area contributed by atoms with Gasteiger partial charge in [-0.1, -0.05) is 0 Å². The summed E-state index contributed by atoms with van der Waals surface area (Å²) in [5.41, 5.74) is 0.906. The van der Waals surface area contributed by atoms with Gasteiger partial charge in [-0.15, -0.1) is 0 Å². The topological polar surface area (TPSA) is 77.8 Å². The first-order valence-corrected chi connectivity index (χ1v) is 6.25. The Hall–Kier alpha value is -2.76. The largest absolute Gasteiger partial charge is 0.497 e. The lowest BCUT2D eigenvalue weighted by Crippen LogP contribution is -2.21. The van der Waals surface area contributed by atoms with Crippen LogP contribution >= 0.6 is 0 Å². The molecule has 0 aliphatic carbocycles. The minimum Gasteiger partial charge on any atom is -0.497 e. The molecule has 2 rings (SSSR count). The van der Waals surface area contributed by atoms with Gasteiger partial charge in [0.15, 0.2) is 6.61 Å². The minimum atomic E-state index is -0.592. The second-order valence-corrected chi connectivity index (χ2v) is 4.24. The molecular formula is C15H15NO5. The summed E-state index contributed by atoms with van der Waals surface area (Å²) in [7, 11) is 1.56. The van der Waals surface area contributed by atoms with Crippen molar-refractivity contribution in [3.8, 4) is 5.75 Å². The molecular weight excluding hydrogens is 274 g/mol. The SMILES string of the molecule is COc1ccc(NC(=O)COC(=O)c2ccoc2C)cc1. The summed E-state index contributed by atoms with van der Waals surface area (Å²) >= 11 is 0. The molecule has 1 heterocycles. The predicted molar refractivity (Wildman–Crippen MR) is 75.4 cm³/mol. The minimum absolute atomic E-state index is 0.312. The van der Waals surface area contributed by atoms with E-state index in [1.165, 1.54) is 12.3 Å². The van der Waals surface area contributed by atoms with E-state index in [4.69, 9.17) is 13.9 Å². The van der Waals surface area contributed by atoms with Crippen molar-refractivity contribution < 1.29 is 23.5 Å². The second kappa shape index (κ2) is 6.60. The molecule has 0 aliphatic rings. The third-order valence-corrected chi connectivity index (χ3v) is 2.79. The standard InChI is InChI=1S/C15H15NO5/c1-10-13(7-8-20-10)15(18)21-9-14(17)16-11-3-5-12(19-2)6-4-11/h3-8H,9H2,1-2H3,(H,16,17). The van der Waals surface area contributed by atoms with Crippen LogP contribution in [-0.2, 0) is 9.53 Å². The summed E-state index contributed by atoms with van der Waals surface area (Å²) in [4.78, 5) is 23.4. The average molecular weight is 289 g/mol. The number of amides is 1. The van der Waals surface area contributed by atoms with Gasteiger partial charge in [0.25, 0.3) is 5.91 Å². The number of hydrogen-bond donors (Lipinski definition) is 1. The number of ether oxygens (including phenoxy) is 2. The number of hydrogen-bond acceptors (Lipinski definition) is 5. The van der Waals surface area contributed by atoms with Crippen molar-refractivity contribution in [3.05, 3.63) is 47.9 Å². The maximum absolute atomic E-state index is 11.7. The molecule has 21 heavy (non-hydrogen) atoms. The van der Waals surface area contributed by atoms with E-state index in [1.807, 2.05) is 0 Å². The molecule has 0 atom stereocenters. The van der Waals surface area contributed by atoms with Crippen molar-refractivity contribution in [3.63, 3.8) is 0 Å². The van der Waals surface area contributed by atoms with Gasteiger partial charge in [0.05, 0.1) is 13.4 Å². The lowest BCUT2D eigenvalue weighted by molar-refractivity contribution is -0.119. The molecule has 0 radical (unpaired) electrons. The molecule has 0 aliphatic heterocycles. The smallest absolute Gasteiger partial charge is 0.342 e. The van der Waals surface area contributed by atoms with Crippen LogP contribution in [0.15, 0.2) is 41.0 Å². The van der Waals surface area contributed by atoms with Crippen molar-refractivity contribution in [1.29, 1.82) is 0 Å². The number of carbonyl (C=O) groups is 2. The molecule has 1 aromatic carbocycles. The zero-order valence-electron chi connectivity index (χ0n) is 11.7. The molecule has 0 spiro atoms. The average Bonchev–Trinajstić information content (AvgIpc) is 2.92. The number of methoxy groups -OCH3 is 1. The Bertz CT molecular complexity index is 630. The van der Waals surface area contributed by atoms with Crippen LogP contribution in [0.2, 0.25) is 0 Å². The molecule has 0 unspecified atom stereocenters. The van der Waals surface area contributed by atoms with Gasteiger partial charge in [-0.05, 0) is 37.3 Å². The van der Waals surface area contributed by atoms with Crippen LogP contribution in [-0.4, -0.2) is 25.6 Å². The highest BCUT2D eigenvalue weighted by atomic mass is 16.5. The number of esters is 1. The van der Waals surface area contributed by atoms with E-state index >= 15 is 0 Å². The number of anilines is 1. The third-order valence-electron chi connectivity index (χ3n) is 2.79. The highest BCUT2D eigenvalue weighted by molar-refractivity contribution is 5.95. The summed E-state index contributed by atoms with van der Waals surface area (Å²) in [6.45, 7) is 1.28. The summed E-state index contributed by atoms with van der Waals surface area (Å²) in [5.74, 6) is 0.131. The number of benzene rings is 1. The molecule has 110 valence electrons. The normalized spacial score (nSPS) is 10.0. The first-order chi connectivity index (χ1) is 10.1. The Morgan fingerprint density at radius 1 is 1.19 bits per heavy atom. The Labute approximate surface area is 121 Å². The Kier molecular flexibility index (Phi) is 4.61. The molecule has 1 N–H and O–H groups in total. The first kappa shape index (κ1) is 14.6. The predicted octanol–water partition coefficient (Wildman–Crippen LogP) is 2.39. The fourth-order valence-corrected chi connectivity index (χ4v) is 1.68. The van der Waals surface area contributed by atoms with Crippen molar-refractivity contribution >= 4 is 17.6 Å². The zero-order chi connectivity index (χ0) is 15.2. The van der Waals surface area contributed by atoms with E-state index in [2.05, 4.69) is 5.32 Å². The first-order valence-electron chi connectivity index (χ1n) is 6.25. The van der Waals surface area contributed by atoms with Gasteiger partial charge in [0.2, 0.25) is 0 Å². The molecule has 0 saturated carbocycles. The van der Waals surface area contributed by atoms with Crippen LogP contribution < -0.4 is 10.1 Å². The summed E-state index contributed by atoms with van der Waals surface area (Å²) in [5, 5.41) is 2.61. The number of aryl methyl sites for hydroxylation is 1. The highest BCUT2D eigenvalue weighted by Crippen LogP contribution is 2.15. The van der Waals surface area contributed by atoms with E-state index in [-0.39, 0.29) is 6.61 Å². The molecule has 6 heteroatoms. The van der Waals surface area contributed by atoms with Gasteiger partial charge >= 0.3 is 5.97 Å². The van der Waals surface area contributed by atoms with Crippen LogP contribution in [0.1, 0.15) is 16.1 Å². The van der Waals surface area contributed by atoms with Crippen LogP contribution in [0, 0.1) is 6.92 Å². The van der Waals surface area contributed by atoms with Gasteiger partial charge in [-0.2, -0.15) is 0 Å². The van der Waals surface area contributed by atoms with Crippen LogP contribution in [0.5, 0.6) is 5.75 Å². The van der Waals surface area contributed by atoms with E-state index < -0.39 is 11.9 Å². The molecule has 0 fully saturated rings. The molecule has 0 saturated heterocycles. The van der Waals surface area contributed by atoms with E-state index in [9.17, 15) is 9.59 Å². The van der Waals surface area contributed by atoms with E-state index in [1.54, 1.807) is 38.3 Å². The maximum atomic E-state index is 11.7. The Morgan fingerprint density at radius 2 is 1.90 bits per heavy atom. The monoisotopic (exact) mass is 289 g/mol. The van der Waals surface area contributed by atoms with Gasteiger partial charge in [0.1, 0.15) is 17.1 Å². The van der Waals surface area contributed by atoms with Crippen molar-refractivity contribution in [2.24, 2.45) is 0 Å². The molecule has 6 nitrogen and oxygen atoms in total.